The number of nitrogens with zero attached hydrogens (tertiary/aromatic N) is 1. The minimum Gasteiger partial charge on any atom is -0.497 e. The number of rotatable bonds is 6. The van der Waals surface area contributed by atoms with Crippen molar-refractivity contribution in [3.63, 3.8) is 0 Å². The normalized spacial score (nSPS) is 11.1. The highest BCUT2D eigenvalue weighted by molar-refractivity contribution is 7.89. The van der Waals surface area contributed by atoms with Crippen molar-refractivity contribution in [2.45, 2.75) is 11.4 Å². The van der Waals surface area contributed by atoms with E-state index in [0.717, 1.165) is 4.31 Å². The van der Waals surface area contributed by atoms with Crippen molar-refractivity contribution in [2.24, 2.45) is 0 Å². The smallest absolute Gasteiger partial charge is 0.313 e. The first-order valence-electron chi connectivity index (χ1n) is 7.98. The van der Waals surface area contributed by atoms with E-state index in [1.807, 2.05) is 0 Å². The van der Waals surface area contributed by atoms with E-state index in [9.17, 15) is 18.0 Å². The molecule has 2 aromatic rings. The Kier molecular flexibility index (Phi) is 6.54. The predicted molar refractivity (Wildman–Crippen MR) is 101 cm³/mol. The van der Waals surface area contributed by atoms with E-state index in [1.54, 1.807) is 36.4 Å². The monoisotopic (exact) mass is 391 g/mol. The van der Waals surface area contributed by atoms with Crippen molar-refractivity contribution in [3.8, 4) is 5.75 Å². The number of nitrogens with one attached hydrogen (secondary N) is 2. The van der Waals surface area contributed by atoms with Gasteiger partial charge in [-0.25, -0.2) is 12.7 Å². The number of carbonyl (C=O) groups excluding carboxylic acids is 2. The molecule has 0 heterocycles. The van der Waals surface area contributed by atoms with Crippen molar-refractivity contribution in [3.05, 3.63) is 54.1 Å². The fourth-order valence-corrected chi connectivity index (χ4v) is 3.04. The van der Waals surface area contributed by atoms with Gasteiger partial charge in [0.1, 0.15) is 5.75 Å². The molecule has 0 aliphatic carbocycles. The van der Waals surface area contributed by atoms with Crippen LogP contribution in [0.4, 0.5) is 5.69 Å². The first-order valence-corrected chi connectivity index (χ1v) is 9.42. The van der Waals surface area contributed by atoms with Crippen molar-refractivity contribution in [1.82, 2.24) is 9.62 Å². The number of methoxy groups -OCH3 is 1. The minimum absolute atomic E-state index is 0.0899. The van der Waals surface area contributed by atoms with Gasteiger partial charge in [-0.15, -0.1) is 0 Å². The maximum atomic E-state index is 12.0. The van der Waals surface area contributed by atoms with Gasteiger partial charge in [0, 0.05) is 32.4 Å². The lowest BCUT2D eigenvalue weighted by Crippen LogP contribution is -2.34. The first-order chi connectivity index (χ1) is 12.7. The van der Waals surface area contributed by atoms with Crippen LogP contribution in [0.25, 0.3) is 0 Å². The molecule has 0 aromatic heterocycles. The van der Waals surface area contributed by atoms with Gasteiger partial charge in [0.15, 0.2) is 0 Å². The average molecular weight is 391 g/mol. The van der Waals surface area contributed by atoms with Crippen molar-refractivity contribution in [2.75, 3.05) is 26.5 Å². The Bertz CT molecular complexity index is 924. The van der Waals surface area contributed by atoms with E-state index in [0.29, 0.717) is 17.0 Å². The molecule has 0 aliphatic rings. The molecule has 2 N–H and O–H groups in total. The highest BCUT2D eigenvalue weighted by atomic mass is 32.2. The summed E-state index contributed by atoms with van der Waals surface area (Å²) >= 11 is 0. The maximum absolute atomic E-state index is 12.0. The second kappa shape index (κ2) is 8.65. The second-order valence-electron chi connectivity index (χ2n) is 5.80. The number of amides is 2. The summed E-state index contributed by atoms with van der Waals surface area (Å²) in [5.41, 5.74) is 1.10. The van der Waals surface area contributed by atoms with Gasteiger partial charge in [0.2, 0.25) is 10.0 Å². The van der Waals surface area contributed by atoms with Gasteiger partial charge >= 0.3 is 11.8 Å². The molecule has 8 nitrogen and oxygen atoms in total. The van der Waals surface area contributed by atoms with Crippen LogP contribution in [-0.4, -0.2) is 45.7 Å². The SMILES string of the molecule is COc1cccc(NC(=O)C(=O)NCc2ccc(S(=O)(=O)N(C)C)cc2)c1. The molecule has 2 rings (SSSR count). The summed E-state index contributed by atoms with van der Waals surface area (Å²) in [5, 5.41) is 4.96. The largest absolute Gasteiger partial charge is 0.497 e. The van der Waals surface area contributed by atoms with Gasteiger partial charge < -0.3 is 15.4 Å². The zero-order valence-corrected chi connectivity index (χ0v) is 16.0. The van der Waals surface area contributed by atoms with E-state index < -0.39 is 21.8 Å². The number of carbonyl (C=O) groups is 2. The summed E-state index contributed by atoms with van der Waals surface area (Å²) < 4.78 is 30.2. The summed E-state index contributed by atoms with van der Waals surface area (Å²) in [7, 11) is 0.893. The van der Waals surface area contributed by atoms with Crippen LogP contribution in [0.1, 0.15) is 5.56 Å². The molecule has 0 saturated heterocycles. The predicted octanol–water partition coefficient (Wildman–Crippen LogP) is 1.20. The molecule has 0 radical (unpaired) electrons. The van der Waals surface area contributed by atoms with Gasteiger partial charge in [0.05, 0.1) is 12.0 Å². The Hall–Kier alpha value is -2.91. The Morgan fingerprint density at radius 2 is 1.70 bits per heavy atom. The molecule has 0 spiro atoms. The lowest BCUT2D eigenvalue weighted by Gasteiger charge is -2.12. The summed E-state index contributed by atoms with van der Waals surface area (Å²) in [6.07, 6.45) is 0. The molecule has 144 valence electrons. The van der Waals surface area contributed by atoms with Crippen molar-refractivity contribution in [1.29, 1.82) is 0 Å². The molecule has 0 atom stereocenters. The molecule has 0 aliphatic heterocycles. The zero-order chi connectivity index (χ0) is 20.0. The fraction of sp³-hybridized carbons (Fsp3) is 0.222. The molecular formula is C18H21N3O5S. The van der Waals surface area contributed by atoms with Crippen molar-refractivity contribution >= 4 is 27.5 Å². The topological polar surface area (TPSA) is 105 Å². The van der Waals surface area contributed by atoms with Crippen LogP contribution in [0.2, 0.25) is 0 Å². The third-order valence-corrected chi connectivity index (χ3v) is 5.52. The maximum Gasteiger partial charge on any atom is 0.313 e. The molecule has 27 heavy (non-hydrogen) atoms. The van der Waals surface area contributed by atoms with Gasteiger partial charge in [0.25, 0.3) is 0 Å². The van der Waals surface area contributed by atoms with Crippen LogP contribution in [0, 0.1) is 0 Å². The van der Waals surface area contributed by atoms with E-state index in [4.69, 9.17) is 4.74 Å². The molecule has 0 saturated carbocycles. The number of benzene rings is 2. The Balaban J connectivity index is 1.93. The molecule has 9 heteroatoms. The Labute approximate surface area is 158 Å². The van der Waals surface area contributed by atoms with Crippen LogP contribution in [-0.2, 0) is 26.2 Å². The van der Waals surface area contributed by atoms with Crippen LogP contribution < -0.4 is 15.4 Å². The van der Waals surface area contributed by atoms with E-state index in [-0.39, 0.29) is 11.4 Å². The molecule has 0 fully saturated rings. The number of anilines is 1. The molecule has 0 bridgehead atoms. The zero-order valence-electron chi connectivity index (χ0n) is 15.2. The fourth-order valence-electron chi connectivity index (χ4n) is 2.14. The standard InChI is InChI=1S/C18H21N3O5S/c1-21(2)27(24,25)16-9-7-13(8-10-16)12-19-17(22)18(23)20-14-5-4-6-15(11-14)26-3/h4-11H,12H2,1-3H3,(H,19,22)(H,20,23). The lowest BCUT2D eigenvalue weighted by molar-refractivity contribution is -0.136. The van der Waals surface area contributed by atoms with Gasteiger partial charge in [-0.1, -0.05) is 18.2 Å². The average Bonchev–Trinajstić information content (AvgIpc) is 2.66. The summed E-state index contributed by atoms with van der Waals surface area (Å²) in [6, 6.07) is 12.7. The van der Waals surface area contributed by atoms with Crippen molar-refractivity contribution < 1.29 is 22.7 Å². The van der Waals surface area contributed by atoms with Crippen LogP contribution >= 0.6 is 0 Å². The van der Waals surface area contributed by atoms with Crippen LogP contribution in [0.3, 0.4) is 0 Å². The third-order valence-electron chi connectivity index (χ3n) is 3.69. The van der Waals surface area contributed by atoms with E-state index >= 15 is 0 Å². The highest BCUT2D eigenvalue weighted by Crippen LogP contribution is 2.16. The molecule has 2 aromatic carbocycles. The summed E-state index contributed by atoms with van der Waals surface area (Å²) in [6.45, 7) is 0.0899. The number of sulfonamides is 1. The molecule has 0 unspecified atom stereocenters. The quantitative estimate of drug-likeness (QED) is 0.720. The Morgan fingerprint density at radius 1 is 1.04 bits per heavy atom. The van der Waals surface area contributed by atoms with E-state index in [1.165, 1.54) is 33.3 Å². The molecule has 2 amide bonds. The number of ether oxygens (including phenoxy) is 1. The summed E-state index contributed by atoms with van der Waals surface area (Å²) in [5.74, 6) is -1.06. The first kappa shape index (κ1) is 20.4. The lowest BCUT2D eigenvalue weighted by atomic mass is 10.2. The Morgan fingerprint density at radius 3 is 2.30 bits per heavy atom. The van der Waals surface area contributed by atoms with Crippen LogP contribution in [0.5, 0.6) is 5.75 Å². The number of hydrogen-bond donors (Lipinski definition) is 2. The number of hydrogen-bond acceptors (Lipinski definition) is 5. The third kappa shape index (κ3) is 5.28. The van der Waals surface area contributed by atoms with Gasteiger partial charge in [-0.2, -0.15) is 0 Å². The van der Waals surface area contributed by atoms with Gasteiger partial charge in [-0.3, -0.25) is 9.59 Å². The molecular weight excluding hydrogens is 370 g/mol. The summed E-state index contributed by atoms with van der Waals surface area (Å²) in [4.78, 5) is 24.0. The van der Waals surface area contributed by atoms with E-state index in [2.05, 4.69) is 10.6 Å². The highest BCUT2D eigenvalue weighted by Gasteiger charge is 2.17. The second-order valence-corrected chi connectivity index (χ2v) is 7.95. The van der Waals surface area contributed by atoms with Crippen LogP contribution in [0.15, 0.2) is 53.4 Å². The van der Waals surface area contributed by atoms with Gasteiger partial charge in [-0.05, 0) is 29.8 Å². The minimum atomic E-state index is -3.51.